The van der Waals surface area contributed by atoms with E-state index >= 15 is 0 Å². The zero-order valence-corrected chi connectivity index (χ0v) is 28.0. The van der Waals surface area contributed by atoms with Gasteiger partial charge in [0, 0.05) is 17.1 Å². The second-order valence-corrected chi connectivity index (χ2v) is 14.0. The Morgan fingerprint density at radius 1 is 0.367 bits per heavy atom. The highest BCUT2D eigenvalue weighted by Gasteiger charge is 2.51. The maximum Gasteiger partial charge on any atom is 0.0725 e. The Morgan fingerprint density at radius 2 is 0.898 bits per heavy atom. The van der Waals surface area contributed by atoms with Crippen molar-refractivity contribution in [1.82, 2.24) is 0 Å². The Labute approximate surface area is 287 Å². The molecule has 10 rings (SSSR count). The summed E-state index contributed by atoms with van der Waals surface area (Å²) >= 11 is 0. The molecule has 1 spiro atoms. The molecule has 0 heterocycles. The van der Waals surface area contributed by atoms with Crippen molar-refractivity contribution in [3.8, 4) is 22.3 Å². The van der Waals surface area contributed by atoms with Crippen LogP contribution in [0.5, 0.6) is 0 Å². The van der Waals surface area contributed by atoms with Crippen molar-refractivity contribution in [3.05, 3.63) is 197 Å². The molecule has 0 aliphatic heterocycles. The van der Waals surface area contributed by atoms with Gasteiger partial charge in [-0.15, -0.1) is 0 Å². The number of rotatable bonds is 3. The van der Waals surface area contributed by atoms with Crippen LogP contribution in [0.1, 0.15) is 38.9 Å². The fourth-order valence-corrected chi connectivity index (χ4v) is 8.77. The molecule has 0 saturated heterocycles. The minimum absolute atomic E-state index is 0.393. The minimum Gasteiger partial charge on any atom is -0.310 e. The van der Waals surface area contributed by atoms with Crippen LogP contribution < -0.4 is 4.90 Å². The third-order valence-electron chi connectivity index (χ3n) is 11.1. The Hall–Kier alpha value is -5.92. The molecular formula is C48H35N. The Balaban J connectivity index is 1.27. The lowest BCUT2D eigenvalue weighted by atomic mass is 9.70. The van der Waals surface area contributed by atoms with Crippen molar-refractivity contribution >= 4 is 38.6 Å². The molecule has 0 radical (unpaired) electrons. The molecule has 0 saturated carbocycles. The van der Waals surface area contributed by atoms with Gasteiger partial charge in [0.15, 0.2) is 0 Å². The van der Waals surface area contributed by atoms with Crippen molar-refractivity contribution in [2.75, 3.05) is 4.90 Å². The third kappa shape index (κ3) is 3.93. The SMILES string of the molecule is Cc1ccc(N(c2ccc3cc4c(cc3c2)C2(c3ccccc3-c3ccccc32)c2cc3ccccc3cc2-4)c2cc(C)ccc2C)cc1. The summed E-state index contributed by atoms with van der Waals surface area (Å²) in [5.41, 5.74) is 17.7. The molecule has 1 nitrogen and oxygen atoms in total. The smallest absolute Gasteiger partial charge is 0.0725 e. The highest BCUT2D eigenvalue weighted by molar-refractivity contribution is 6.04. The molecule has 0 fully saturated rings. The molecule has 0 amide bonds. The van der Waals surface area contributed by atoms with Crippen molar-refractivity contribution < 1.29 is 0 Å². The Kier molecular flexibility index (Phi) is 5.91. The van der Waals surface area contributed by atoms with Gasteiger partial charge in [-0.1, -0.05) is 109 Å². The van der Waals surface area contributed by atoms with Gasteiger partial charge >= 0.3 is 0 Å². The van der Waals surface area contributed by atoms with E-state index in [9.17, 15) is 0 Å². The summed E-state index contributed by atoms with van der Waals surface area (Å²) in [6, 6.07) is 59.5. The van der Waals surface area contributed by atoms with E-state index in [1.54, 1.807) is 0 Å². The molecule has 1 heteroatoms. The van der Waals surface area contributed by atoms with E-state index in [-0.39, 0.29) is 0 Å². The first kappa shape index (κ1) is 28.1. The van der Waals surface area contributed by atoms with Gasteiger partial charge in [0.25, 0.3) is 0 Å². The van der Waals surface area contributed by atoms with E-state index in [0.717, 1.165) is 11.4 Å². The van der Waals surface area contributed by atoms with Gasteiger partial charge in [-0.05, 0) is 153 Å². The summed E-state index contributed by atoms with van der Waals surface area (Å²) in [5, 5.41) is 5.06. The molecule has 0 aromatic heterocycles. The first-order chi connectivity index (χ1) is 24.0. The second-order valence-electron chi connectivity index (χ2n) is 14.0. The molecule has 2 aliphatic rings. The van der Waals surface area contributed by atoms with Gasteiger partial charge < -0.3 is 4.90 Å². The van der Waals surface area contributed by atoms with Crippen LogP contribution in [0.2, 0.25) is 0 Å². The van der Waals surface area contributed by atoms with Gasteiger partial charge in [-0.2, -0.15) is 0 Å². The van der Waals surface area contributed by atoms with Crippen LogP contribution in [-0.2, 0) is 5.41 Å². The lowest BCUT2D eigenvalue weighted by Gasteiger charge is -2.31. The summed E-state index contributed by atoms with van der Waals surface area (Å²) in [6.07, 6.45) is 0. The molecule has 232 valence electrons. The Bertz CT molecular complexity index is 2600. The van der Waals surface area contributed by atoms with Crippen molar-refractivity contribution in [2.24, 2.45) is 0 Å². The minimum atomic E-state index is -0.393. The molecule has 8 aromatic carbocycles. The molecule has 0 unspecified atom stereocenters. The second kappa shape index (κ2) is 10.3. The quantitative estimate of drug-likeness (QED) is 0.189. The molecule has 49 heavy (non-hydrogen) atoms. The molecule has 2 aliphatic carbocycles. The summed E-state index contributed by atoms with van der Waals surface area (Å²) in [4.78, 5) is 2.42. The van der Waals surface area contributed by atoms with Gasteiger partial charge in [0.1, 0.15) is 0 Å². The van der Waals surface area contributed by atoms with E-state index in [2.05, 4.69) is 183 Å². The first-order valence-corrected chi connectivity index (χ1v) is 17.3. The highest BCUT2D eigenvalue weighted by Crippen LogP contribution is 2.63. The maximum atomic E-state index is 2.51. The van der Waals surface area contributed by atoms with Crippen molar-refractivity contribution in [2.45, 2.75) is 26.2 Å². The molecule has 0 N–H and O–H groups in total. The molecule has 0 bridgehead atoms. The van der Waals surface area contributed by atoms with Crippen molar-refractivity contribution in [1.29, 1.82) is 0 Å². The number of aryl methyl sites for hydroxylation is 3. The van der Waals surface area contributed by atoms with Crippen molar-refractivity contribution in [3.63, 3.8) is 0 Å². The summed E-state index contributed by atoms with van der Waals surface area (Å²) in [5.74, 6) is 0. The van der Waals surface area contributed by atoms with E-state index in [4.69, 9.17) is 0 Å². The largest absolute Gasteiger partial charge is 0.310 e. The lowest BCUT2D eigenvalue weighted by Crippen LogP contribution is -2.25. The summed E-state index contributed by atoms with van der Waals surface area (Å²) in [6.45, 7) is 6.54. The standard InChI is InChI=1S/C48H35N/c1-30-17-21-37(22-18-30)49(47-24-31(2)16-19-32(47)3)38-23-20-35-27-42-41-26-33-10-4-5-11-34(33)28-45(41)48(46(42)29-36(35)25-38)43-14-8-6-12-39(43)40-13-7-9-15-44(40)48/h4-29H,1-3H3. The predicted molar refractivity (Wildman–Crippen MR) is 207 cm³/mol. The zero-order valence-electron chi connectivity index (χ0n) is 28.0. The van der Waals surface area contributed by atoms with Crippen LogP contribution in [0, 0.1) is 20.8 Å². The average molecular weight is 626 g/mol. The lowest BCUT2D eigenvalue weighted by molar-refractivity contribution is 0.796. The monoisotopic (exact) mass is 625 g/mol. The predicted octanol–water partition coefficient (Wildman–Crippen LogP) is 12.7. The first-order valence-electron chi connectivity index (χ1n) is 17.3. The van der Waals surface area contributed by atoms with Gasteiger partial charge in [-0.25, -0.2) is 0 Å². The molecule has 0 atom stereocenters. The summed E-state index contributed by atoms with van der Waals surface area (Å²) in [7, 11) is 0. The maximum absolute atomic E-state index is 2.51. The van der Waals surface area contributed by atoms with Gasteiger partial charge in [-0.3, -0.25) is 0 Å². The third-order valence-corrected chi connectivity index (χ3v) is 11.1. The van der Waals surface area contributed by atoms with E-state index in [1.165, 1.54) is 88.4 Å². The van der Waals surface area contributed by atoms with Crippen LogP contribution in [0.15, 0.2) is 158 Å². The van der Waals surface area contributed by atoms with E-state index in [1.807, 2.05) is 0 Å². The van der Waals surface area contributed by atoms with Crippen LogP contribution in [-0.4, -0.2) is 0 Å². The molecular weight excluding hydrogens is 591 g/mol. The van der Waals surface area contributed by atoms with Crippen LogP contribution >= 0.6 is 0 Å². The highest BCUT2D eigenvalue weighted by atomic mass is 15.1. The number of hydrogen-bond acceptors (Lipinski definition) is 1. The number of hydrogen-bond donors (Lipinski definition) is 0. The number of anilines is 3. The number of fused-ring (bicyclic) bond motifs is 12. The summed E-state index contributed by atoms with van der Waals surface area (Å²) < 4.78 is 0. The number of benzene rings is 8. The van der Waals surface area contributed by atoms with Crippen LogP contribution in [0.4, 0.5) is 17.1 Å². The fraction of sp³-hybridized carbons (Fsp3) is 0.0833. The van der Waals surface area contributed by atoms with Gasteiger partial charge in [0.05, 0.1) is 5.41 Å². The zero-order chi connectivity index (χ0) is 32.9. The topological polar surface area (TPSA) is 3.24 Å². The van der Waals surface area contributed by atoms with Gasteiger partial charge in [0.2, 0.25) is 0 Å². The van der Waals surface area contributed by atoms with E-state index in [0.29, 0.717) is 0 Å². The van der Waals surface area contributed by atoms with Crippen LogP contribution in [0.25, 0.3) is 43.8 Å². The Morgan fingerprint density at radius 3 is 1.57 bits per heavy atom. The average Bonchev–Trinajstić information content (AvgIpc) is 3.58. The van der Waals surface area contributed by atoms with Crippen LogP contribution in [0.3, 0.4) is 0 Å². The number of nitrogens with zero attached hydrogens (tertiary/aromatic N) is 1. The normalized spacial score (nSPS) is 13.4. The fourth-order valence-electron chi connectivity index (χ4n) is 8.77. The van der Waals surface area contributed by atoms with E-state index < -0.39 is 5.41 Å². The molecule has 8 aromatic rings.